The Bertz CT molecular complexity index is 783. The van der Waals surface area contributed by atoms with Crippen LogP contribution in [0.3, 0.4) is 0 Å². The molecule has 10 nitrogen and oxygen atoms in total. The minimum Gasteiger partial charge on any atom is -0.477 e. The summed E-state index contributed by atoms with van der Waals surface area (Å²) in [4.78, 5) is 26.1. The number of aliphatic hydroxyl groups excluding tert-OH is 1. The first kappa shape index (κ1) is 20.6. The average Bonchev–Trinajstić information content (AvgIpc) is 3.07. The maximum absolute atomic E-state index is 12.3. The van der Waals surface area contributed by atoms with Crippen molar-refractivity contribution >= 4 is 33.8 Å². The van der Waals surface area contributed by atoms with Crippen molar-refractivity contribution in [2.75, 3.05) is 13.1 Å². The lowest BCUT2D eigenvalue weighted by Gasteiger charge is -2.46. The number of nitrogens with zero attached hydrogens (tertiary/aromatic N) is 1. The zero-order chi connectivity index (χ0) is 20.1. The molecular formula is C15H24N4O6S2. The average molecular weight is 421 g/mol. The molecule has 0 aromatic rings. The minimum atomic E-state index is -3.76. The second-order valence-electron chi connectivity index (χ2n) is 7.25. The van der Waals surface area contributed by atoms with Gasteiger partial charge in [-0.2, -0.15) is 8.42 Å². The van der Waals surface area contributed by atoms with Gasteiger partial charge in [-0.25, -0.2) is 14.7 Å². The largest absolute Gasteiger partial charge is 0.477 e. The number of carbonyl (C=O) groups excluding carboxylic acids is 1. The molecule has 6 atom stereocenters. The number of β-lactam (4-membered cyclic amide) rings is 1. The van der Waals surface area contributed by atoms with E-state index in [1.807, 2.05) is 6.92 Å². The van der Waals surface area contributed by atoms with E-state index >= 15 is 0 Å². The van der Waals surface area contributed by atoms with Crippen LogP contribution in [0.25, 0.3) is 0 Å². The number of carboxylic acids is 1. The monoisotopic (exact) mass is 420 g/mol. The Morgan fingerprint density at radius 1 is 1.52 bits per heavy atom. The fourth-order valence-electron chi connectivity index (χ4n) is 4.10. The van der Waals surface area contributed by atoms with Crippen LogP contribution in [-0.2, 0) is 19.8 Å². The topological polar surface area (TPSA) is 162 Å². The third-order valence-corrected chi connectivity index (χ3v) is 7.40. The van der Waals surface area contributed by atoms with E-state index < -0.39 is 28.2 Å². The Morgan fingerprint density at radius 2 is 2.19 bits per heavy atom. The zero-order valence-electron chi connectivity index (χ0n) is 15.0. The number of aliphatic hydroxyl groups is 1. The van der Waals surface area contributed by atoms with Gasteiger partial charge >= 0.3 is 5.97 Å². The van der Waals surface area contributed by atoms with E-state index in [0.29, 0.717) is 17.9 Å². The molecule has 0 aliphatic carbocycles. The van der Waals surface area contributed by atoms with Crippen LogP contribution in [-0.4, -0.2) is 71.9 Å². The summed E-state index contributed by atoms with van der Waals surface area (Å²) in [7, 11) is -3.76. The lowest BCUT2D eigenvalue weighted by Crippen LogP contribution is -2.63. The van der Waals surface area contributed by atoms with Crippen LogP contribution in [0.5, 0.6) is 0 Å². The van der Waals surface area contributed by atoms with E-state index in [1.165, 1.54) is 16.7 Å². The van der Waals surface area contributed by atoms with Crippen molar-refractivity contribution in [2.24, 2.45) is 17.0 Å². The van der Waals surface area contributed by atoms with Crippen molar-refractivity contribution in [3.05, 3.63) is 10.6 Å². The second kappa shape index (κ2) is 7.33. The molecule has 0 unspecified atom stereocenters. The van der Waals surface area contributed by atoms with Gasteiger partial charge in [-0.05, 0) is 13.3 Å². The number of carbonyl (C=O) groups is 2. The summed E-state index contributed by atoms with van der Waals surface area (Å²) in [6.07, 6.45) is -0.197. The number of fused-ring (bicyclic) bond motifs is 1. The molecule has 0 radical (unpaired) electrons. The molecule has 3 rings (SSSR count). The summed E-state index contributed by atoms with van der Waals surface area (Å²) in [5.74, 6) is -2.27. The Balaban J connectivity index is 1.71. The molecule has 3 aliphatic heterocycles. The molecule has 3 aliphatic rings. The Labute approximate surface area is 161 Å². The molecule has 0 saturated carbocycles. The van der Waals surface area contributed by atoms with Gasteiger partial charge in [0.05, 0.1) is 18.1 Å². The van der Waals surface area contributed by atoms with E-state index in [-0.39, 0.29) is 41.4 Å². The van der Waals surface area contributed by atoms with Crippen molar-refractivity contribution < 1.29 is 28.2 Å². The van der Waals surface area contributed by atoms with Crippen LogP contribution >= 0.6 is 11.8 Å². The van der Waals surface area contributed by atoms with E-state index in [4.69, 9.17) is 5.14 Å². The molecule has 3 heterocycles. The number of rotatable bonds is 7. The van der Waals surface area contributed by atoms with Crippen LogP contribution in [0, 0.1) is 11.8 Å². The van der Waals surface area contributed by atoms with Crippen LogP contribution in [0.4, 0.5) is 0 Å². The predicted molar refractivity (Wildman–Crippen MR) is 98.5 cm³/mol. The molecule has 0 bridgehead atoms. The smallest absolute Gasteiger partial charge is 0.353 e. The molecular weight excluding hydrogens is 396 g/mol. The third-order valence-electron chi connectivity index (χ3n) is 5.32. The molecule has 152 valence electrons. The highest BCUT2D eigenvalue weighted by Crippen LogP contribution is 2.51. The highest BCUT2D eigenvalue weighted by atomic mass is 32.2. The van der Waals surface area contributed by atoms with E-state index in [1.54, 1.807) is 6.92 Å². The Hall–Kier alpha value is -1.18. The Kier molecular flexibility index (Phi) is 5.58. The first-order valence-electron chi connectivity index (χ1n) is 8.67. The molecule has 0 spiro atoms. The van der Waals surface area contributed by atoms with Gasteiger partial charge in [0.2, 0.25) is 5.91 Å². The van der Waals surface area contributed by atoms with E-state index in [0.717, 1.165) is 0 Å². The number of amides is 1. The standard InChI is InChI=1S/C15H24N4O6S2/c1-6-11-10(7(2)20)14(21)19(11)12(15(22)23)13(6)26-9-3-8(17-5-9)4-18-27(16,24)25/h6-11,17-18,20H,3-5H2,1-2H3,(H,22,23)(H2,16,24,25)/t6-,7+,8+,9+,10-,11-/m0/s1. The highest BCUT2D eigenvalue weighted by molar-refractivity contribution is 8.03. The number of aliphatic carboxylic acids is 1. The van der Waals surface area contributed by atoms with Crippen LogP contribution in [0.1, 0.15) is 20.3 Å². The summed E-state index contributed by atoms with van der Waals surface area (Å²) in [5.41, 5.74) is 0.00510. The molecule has 0 aromatic carbocycles. The summed E-state index contributed by atoms with van der Waals surface area (Å²) in [6, 6.07) is -0.435. The summed E-state index contributed by atoms with van der Waals surface area (Å²) in [6.45, 7) is 4.17. The fourth-order valence-corrected chi connectivity index (χ4v) is 6.05. The van der Waals surface area contributed by atoms with Gasteiger partial charge in [-0.1, -0.05) is 6.92 Å². The minimum absolute atomic E-state index is 0.00510. The lowest BCUT2D eigenvalue weighted by atomic mass is 9.79. The van der Waals surface area contributed by atoms with E-state index in [9.17, 15) is 28.2 Å². The van der Waals surface area contributed by atoms with Crippen molar-refractivity contribution in [1.29, 1.82) is 0 Å². The molecule has 2 saturated heterocycles. The maximum Gasteiger partial charge on any atom is 0.353 e. The van der Waals surface area contributed by atoms with Gasteiger partial charge in [-0.3, -0.25) is 4.79 Å². The molecule has 27 heavy (non-hydrogen) atoms. The van der Waals surface area contributed by atoms with Gasteiger partial charge < -0.3 is 20.4 Å². The molecule has 1 amide bonds. The van der Waals surface area contributed by atoms with Gasteiger partial charge in [0.15, 0.2) is 0 Å². The predicted octanol–water partition coefficient (Wildman–Crippen LogP) is -1.60. The lowest BCUT2D eigenvalue weighted by molar-refractivity contribution is -0.163. The second-order valence-corrected chi connectivity index (χ2v) is 9.97. The van der Waals surface area contributed by atoms with Crippen LogP contribution in [0.15, 0.2) is 10.6 Å². The first-order valence-corrected chi connectivity index (χ1v) is 11.1. The quantitative estimate of drug-likeness (QED) is 0.308. The fraction of sp³-hybridized carbons (Fsp3) is 0.733. The SMILES string of the molecule is C[C@@H]1C(S[C@H]2CN[C@@H](CNS(N)(=O)=O)C2)=C(C(=O)O)N2C(=O)[C@@H]([C@@H](C)O)[C@H]12. The molecule has 0 aromatic heterocycles. The normalized spacial score (nSPS) is 34.6. The van der Waals surface area contributed by atoms with Crippen LogP contribution < -0.4 is 15.2 Å². The van der Waals surface area contributed by atoms with Gasteiger partial charge in [0.25, 0.3) is 10.2 Å². The van der Waals surface area contributed by atoms with Gasteiger partial charge in [0, 0.05) is 35.2 Å². The van der Waals surface area contributed by atoms with Crippen LogP contribution in [0.2, 0.25) is 0 Å². The maximum atomic E-state index is 12.3. The van der Waals surface area contributed by atoms with Crippen molar-refractivity contribution in [1.82, 2.24) is 14.9 Å². The zero-order valence-corrected chi connectivity index (χ0v) is 16.6. The van der Waals surface area contributed by atoms with E-state index in [2.05, 4.69) is 10.0 Å². The van der Waals surface area contributed by atoms with Crippen molar-refractivity contribution in [3.8, 4) is 0 Å². The van der Waals surface area contributed by atoms with Crippen molar-refractivity contribution in [2.45, 2.75) is 43.7 Å². The molecule has 6 N–H and O–H groups in total. The summed E-state index contributed by atoms with van der Waals surface area (Å²) in [5, 5.41) is 27.7. The number of hydrogen-bond donors (Lipinski definition) is 5. The summed E-state index contributed by atoms with van der Waals surface area (Å²) >= 11 is 1.41. The third kappa shape index (κ3) is 3.87. The number of hydrogen-bond acceptors (Lipinski definition) is 7. The molecule has 12 heteroatoms. The van der Waals surface area contributed by atoms with Gasteiger partial charge in [0.1, 0.15) is 5.70 Å². The highest BCUT2D eigenvalue weighted by Gasteiger charge is 2.60. The van der Waals surface area contributed by atoms with Gasteiger partial charge in [-0.15, -0.1) is 11.8 Å². The summed E-state index contributed by atoms with van der Waals surface area (Å²) < 4.78 is 24.3. The number of thioether (sulfide) groups is 1. The van der Waals surface area contributed by atoms with Crippen molar-refractivity contribution in [3.63, 3.8) is 0 Å². The number of carboxylic acid groups (broad SMARTS) is 1. The number of nitrogens with two attached hydrogens (primary N) is 1. The Morgan fingerprint density at radius 3 is 2.74 bits per heavy atom. The first-order chi connectivity index (χ1) is 12.5. The number of nitrogens with one attached hydrogen (secondary N) is 2. The molecule has 2 fully saturated rings.